The molecule has 0 radical (unpaired) electrons. The van der Waals surface area contributed by atoms with E-state index in [1.807, 2.05) is 7.05 Å². The van der Waals surface area contributed by atoms with Gasteiger partial charge in [0.1, 0.15) is 0 Å². The van der Waals surface area contributed by atoms with E-state index >= 15 is 0 Å². The van der Waals surface area contributed by atoms with Gasteiger partial charge in [-0.1, -0.05) is 0 Å². The SMILES string of the molecule is CNC(C)C1CCCN(CCC(=O)NC2CC2)C1. The van der Waals surface area contributed by atoms with Crippen LogP contribution in [0.5, 0.6) is 0 Å². The molecule has 18 heavy (non-hydrogen) atoms. The van der Waals surface area contributed by atoms with E-state index in [0.717, 1.165) is 25.6 Å². The fourth-order valence-electron chi connectivity index (χ4n) is 2.73. The molecule has 2 unspecified atom stereocenters. The Bertz CT molecular complexity index is 278. The van der Waals surface area contributed by atoms with Crippen molar-refractivity contribution in [2.75, 3.05) is 26.7 Å². The lowest BCUT2D eigenvalue weighted by Gasteiger charge is -2.35. The van der Waals surface area contributed by atoms with Crippen LogP contribution in [0.25, 0.3) is 0 Å². The van der Waals surface area contributed by atoms with Gasteiger partial charge in [0.05, 0.1) is 0 Å². The number of nitrogens with one attached hydrogen (secondary N) is 2. The third kappa shape index (κ3) is 4.25. The lowest BCUT2D eigenvalue weighted by molar-refractivity contribution is -0.121. The van der Waals surface area contributed by atoms with Crippen LogP contribution in [0.3, 0.4) is 0 Å². The van der Waals surface area contributed by atoms with Crippen molar-refractivity contribution in [2.45, 2.75) is 51.1 Å². The zero-order chi connectivity index (χ0) is 13.0. The molecule has 0 aromatic rings. The van der Waals surface area contributed by atoms with Gasteiger partial charge in [0.25, 0.3) is 0 Å². The van der Waals surface area contributed by atoms with Crippen LogP contribution in [0.4, 0.5) is 0 Å². The number of hydrogen-bond acceptors (Lipinski definition) is 3. The molecule has 2 N–H and O–H groups in total. The summed E-state index contributed by atoms with van der Waals surface area (Å²) in [6.45, 7) is 5.47. The monoisotopic (exact) mass is 253 g/mol. The van der Waals surface area contributed by atoms with Gasteiger partial charge >= 0.3 is 0 Å². The predicted molar refractivity (Wildman–Crippen MR) is 73.5 cm³/mol. The quantitative estimate of drug-likeness (QED) is 0.741. The first kappa shape index (κ1) is 13.8. The summed E-state index contributed by atoms with van der Waals surface area (Å²) in [4.78, 5) is 14.1. The molecule has 4 nitrogen and oxygen atoms in total. The molecule has 0 aromatic heterocycles. The van der Waals surface area contributed by atoms with Crippen molar-refractivity contribution in [2.24, 2.45) is 5.92 Å². The molecular formula is C14H27N3O. The van der Waals surface area contributed by atoms with Crippen molar-refractivity contribution in [3.8, 4) is 0 Å². The highest BCUT2D eigenvalue weighted by molar-refractivity contribution is 5.76. The van der Waals surface area contributed by atoms with Crippen LogP contribution < -0.4 is 10.6 Å². The van der Waals surface area contributed by atoms with E-state index in [1.165, 1.54) is 25.7 Å². The standard InChI is InChI=1S/C14H27N3O/c1-11(15-2)12-4-3-8-17(10-12)9-7-14(18)16-13-5-6-13/h11-13,15H,3-10H2,1-2H3,(H,16,18). The van der Waals surface area contributed by atoms with Crippen molar-refractivity contribution >= 4 is 5.91 Å². The van der Waals surface area contributed by atoms with E-state index in [4.69, 9.17) is 0 Å². The van der Waals surface area contributed by atoms with Crippen LogP contribution in [0.1, 0.15) is 39.0 Å². The lowest BCUT2D eigenvalue weighted by atomic mass is 9.91. The zero-order valence-corrected chi connectivity index (χ0v) is 11.7. The molecule has 2 rings (SSSR count). The molecule has 1 saturated heterocycles. The molecule has 1 aliphatic heterocycles. The summed E-state index contributed by atoms with van der Waals surface area (Å²) in [7, 11) is 2.03. The van der Waals surface area contributed by atoms with Crippen molar-refractivity contribution in [3.05, 3.63) is 0 Å². The Morgan fingerprint density at radius 3 is 2.83 bits per heavy atom. The van der Waals surface area contributed by atoms with Gasteiger partial charge in [0.15, 0.2) is 0 Å². The number of nitrogens with zero attached hydrogens (tertiary/aromatic N) is 1. The Morgan fingerprint density at radius 1 is 1.39 bits per heavy atom. The molecule has 0 aromatic carbocycles. The second-order valence-electron chi connectivity index (χ2n) is 5.87. The second kappa shape index (κ2) is 6.53. The number of rotatable bonds is 6. The van der Waals surface area contributed by atoms with E-state index in [-0.39, 0.29) is 5.91 Å². The summed E-state index contributed by atoms with van der Waals surface area (Å²) in [5.41, 5.74) is 0. The fourth-order valence-corrected chi connectivity index (χ4v) is 2.73. The summed E-state index contributed by atoms with van der Waals surface area (Å²) in [6, 6.07) is 1.07. The van der Waals surface area contributed by atoms with Crippen LogP contribution >= 0.6 is 0 Å². The highest BCUT2D eigenvalue weighted by Gasteiger charge is 2.25. The van der Waals surface area contributed by atoms with Gasteiger partial charge < -0.3 is 15.5 Å². The number of carbonyl (C=O) groups is 1. The van der Waals surface area contributed by atoms with Crippen molar-refractivity contribution < 1.29 is 4.79 Å². The van der Waals surface area contributed by atoms with Crippen LogP contribution in [-0.4, -0.2) is 49.6 Å². The predicted octanol–water partition coefficient (Wildman–Crippen LogP) is 0.975. The third-order valence-corrected chi connectivity index (χ3v) is 4.30. The maximum Gasteiger partial charge on any atom is 0.221 e. The van der Waals surface area contributed by atoms with Crippen LogP contribution in [-0.2, 0) is 4.79 Å². The van der Waals surface area contributed by atoms with Gasteiger partial charge in [-0.25, -0.2) is 0 Å². The third-order valence-electron chi connectivity index (χ3n) is 4.30. The Morgan fingerprint density at radius 2 is 2.17 bits per heavy atom. The summed E-state index contributed by atoms with van der Waals surface area (Å²) in [5.74, 6) is 0.969. The smallest absolute Gasteiger partial charge is 0.221 e. The van der Waals surface area contributed by atoms with Gasteiger partial charge in [-0.05, 0) is 52.1 Å². The highest BCUT2D eigenvalue weighted by atomic mass is 16.1. The van der Waals surface area contributed by atoms with E-state index in [9.17, 15) is 4.79 Å². The molecule has 1 heterocycles. The topological polar surface area (TPSA) is 44.4 Å². The normalized spacial score (nSPS) is 26.9. The molecular weight excluding hydrogens is 226 g/mol. The van der Waals surface area contributed by atoms with Crippen molar-refractivity contribution in [1.82, 2.24) is 15.5 Å². The van der Waals surface area contributed by atoms with Crippen LogP contribution in [0.15, 0.2) is 0 Å². The Hall–Kier alpha value is -0.610. The minimum absolute atomic E-state index is 0.237. The molecule has 4 heteroatoms. The minimum Gasteiger partial charge on any atom is -0.353 e. The Kier molecular flexibility index (Phi) is 5.01. The molecule has 1 saturated carbocycles. The van der Waals surface area contributed by atoms with E-state index in [2.05, 4.69) is 22.5 Å². The summed E-state index contributed by atoms with van der Waals surface area (Å²) in [6.07, 6.45) is 5.60. The number of carbonyl (C=O) groups excluding carboxylic acids is 1. The number of piperidine rings is 1. The first-order valence-corrected chi connectivity index (χ1v) is 7.38. The van der Waals surface area contributed by atoms with Gasteiger partial charge in [0.2, 0.25) is 5.91 Å². The number of amides is 1. The lowest BCUT2D eigenvalue weighted by Crippen LogP contribution is -2.44. The molecule has 1 aliphatic carbocycles. The van der Waals surface area contributed by atoms with E-state index < -0.39 is 0 Å². The van der Waals surface area contributed by atoms with Crippen LogP contribution in [0, 0.1) is 5.92 Å². The first-order chi connectivity index (χ1) is 8.69. The average Bonchev–Trinajstić information content (AvgIpc) is 3.19. The molecule has 1 amide bonds. The second-order valence-corrected chi connectivity index (χ2v) is 5.87. The van der Waals surface area contributed by atoms with Crippen molar-refractivity contribution in [1.29, 1.82) is 0 Å². The summed E-state index contributed by atoms with van der Waals surface area (Å²) in [5, 5.41) is 6.41. The Balaban J connectivity index is 1.66. The van der Waals surface area contributed by atoms with Gasteiger partial charge in [0, 0.05) is 31.6 Å². The van der Waals surface area contributed by atoms with Gasteiger partial charge in [-0.3, -0.25) is 4.79 Å². The molecule has 2 fully saturated rings. The average molecular weight is 253 g/mol. The minimum atomic E-state index is 0.237. The van der Waals surface area contributed by atoms with E-state index in [0.29, 0.717) is 18.5 Å². The van der Waals surface area contributed by atoms with Crippen LogP contribution in [0.2, 0.25) is 0 Å². The maximum atomic E-state index is 11.7. The largest absolute Gasteiger partial charge is 0.353 e. The van der Waals surface area contributed by atoms with Crippen molar-refractivity contribution in [3.63, 3.8) is 0 Å². The number of hydrogen-bond donors (Lipinski definition) is 2. The Labute approximate surface area is 110 Å². The molecule has 2 atom stereocenters. The molecule has 104 valence electrons. The summed E-state index contributed by atoms with van der Waals surface area (Å²) < 4.78 is 0. The molecule has 2 aliphatic rings. The van der Waals surface area contributed by atoms with E-state index in [1.54, 1.807) is 0 Å². The highest BCUT2D eigenvalue weighted by Crippen LogP contribution is 2.20. The van der Waals surface area contributed by atoms with Gasteiger partial charge in [-0.15, -0.1) is 0 Å². The zero-order valence-electron chi connectivity index (χ0n) is 11.7. The summed E-state index contributed by atoms with van der Waals surface area (Å²) >= 11 is 0. The maximum absolute atomic E-state index is 11.7. The van der Waals surface area contributed by atoms with Gasteiger partial charge in [-0.2, -0.15) is 0 Å². The fraction of sp³-hybridized carbons (Fsp3) is 0.929. The molecule has 0 bridgehead atoms. The molecule has 0 spiro atoms. The first-order valence-electron chi connectivity index (χ1n) is 7.38. The number of likely N-dealkylation sites (tertiary alicyclic amines) is 1.